The normalized spacial score (nSPS) is 10.3. The summed E-state index contributed by atoms with van der Waals surface area (Å²) in [5, 5.41) is 11.2. The van der Waals surface area contributed by atoms with Crippen molar-refractivity contribution < 1.29 is 14.6 Å². The molecule has 0 spiro atoms. The molecule has 0 saturated heterocycles. The molecule has 0 amide bonds. The van der Waals surface area contributed by atoms with Gasteiger partial charge in [-0.05, 0) is 29.5 Å². The molecule has 0 aliphatic rings. The maximum absolute atomic E-state index is 11.1. The average molecular weight is 263 g/mol. The summed E-state index contributed by atoms with van der Waals surface area (Å²) in [4.78, 5) is 16.2. The van der Waals surface area contributed by atoms with Crippen molar-refractivity contribution in [2.45, 2.75) is 13.3 Å². The number of methoxy groups -OCH3 is 1. The molecule has 2 heterocycles. The van der Waals surface area contributed by atoms with Crippen molar-refractivity contribution >= 4 is 17.3 Å². The maximum atomic E-state index is 11.1. The number of carboxylic acid groups (broad SMARTS) is 1. The van der Waals surface area contributed by atoms with Gasteiger partial charge in [-0.25, -0.2) is 9.78 Å². The number of aromatic nitrogens is 1. The molecule has 2 rings (SSSR count). The minimum atomic E-state index is -1.03. The number of aromatic carboxylic acids is 1. The molecule has 94 valence electrons. The third-order valence-corrected chi connectivity index (χ3v) is 3.65. The third-order valence-electron chi connectivity index (χ3n) is 2.62. The molecular formula is C13H13NO3S. The van der Waals surface area contributed by atoms with E-state index in [0.717, 1.165) is 16.9 Å². The average Bonchev–Trinajstić information content (AvgIpc) is 2.86. The van der Waals surface area contributed by atoms with Crippen LogP contribution in [-0.2, 0) is 6.42 Å². The van der Waals surface area contributed by atoms with E-state index >= 15 is 0 Å². The van der Waals surface area contributed by atoms with Gasteiger partial charge in [-0.1, -0.05) is 6.92 Å². The number of nitrogens with zero attached hydrogens (tertiary/aromatic N) is 1. The number of carbonyl (C=O) groups is 1. The van der Waals surface area contributed by atoms with Crippen LogP contribution in [0.2, 0.25) is 0 Å². The van der Waals surface area contributed by atoms with Gasteiger partial charge in [-0.15, -0.1) is 11.3 Å². The number of hydrogen-bond donors (Lipinski definition) is 1. The highest BCUT2D eigenvalue weighted by Crippen LogP contribution is 2.29. The number of aryl methyl sites for hydroxylation is 1. The fraction of sp³-hybridized carbons (Fsp3) is 0.231. The molecule has 0 bridgehead atoms. The topological polar surface area (TPSA) is 59.4 Å². The molecule has 2 aromatic heterocycles. The lowest BCUT2D eigenvalue weighted by atomic mass is 10.1. The number of carboxylic acids is 1. The lowest BCUT2D eigenvalue weighted by Crippen LogP contribution is -2.02. The summed E-state index contributed by atoms with van der Waals surface area (Å²) in [6.45, 7) is 2.08. The molecule has 5 heteroatoms. The smallest absolute Gasteiger partial charge is 0.341 e. The largest absolute Gasteiger partial charge is 0.480 e. The van der Waals surface area contributed by atoms with Gasteiger partial charge in [-0.2, -0.15) is 0 Å². The molecule has 0 radical (unpaired) electrons. The van der Waals surface area contributed by atoms with Gasteiger partial charge >= 0.3 is 5.97 Å². The van der Waals surface area contributed by atoms with Crippen LogP contribution in [0, 0.1) is 0 Å². The van der Waals surface area contributed by atoms with Crippen LogP contribution in [0.1, 0.15) is 22.8 Å². The Hall–Kier alpha value is -1.88. The molecule has 0 unspecified atom stereocenters. The Morgan fingerprint density at radius 1 is 1.50 bits per heavy atom. The van der Waals surface area contributed by atoms with E-state index < -0.39 is 5.97 Å². The molecular weight excluding hydrogens is 250 g/mol. The van der Waals surface area contributed by atoms with E-state index in [0.29, 0.717) is 0 Å². The van der Waals surface area contributed by atoms with Gasteiger partial charge in [0.2, 0.25) is 5.88 Å². The van der Waals surface area contributed by atoms with Crippen LogP contribution < -0.4 is 4.74 Å². The van der Waals surface area contributed by atoms with Crippen LogP contribution in [0.5, 0.6) is 5.88 Å². The van der Waals surface area contributed by atoms with Gasteiger partial charge in [0.15, 0.2) is 0 Å². The summed E-state index contributed by atoms with van der Waals surface area (Å²) >= 11 is 1.59. The highest BCUT2D eigenvalue weighted by Gasteiger charge is 2.14. The summed E-state index contributed by atoms with van der Waals surface area (Å²) in [6.07, 6.45) is 2.60. The monoisotopic (exact) mass is 263 g/mol. The van der Waals surface area contributed by atoms with Crippen LogP contribution in [0.15, 0.2) is 23.7 Å². The molecule has 0 aliphatic heterocycles. The quantitative estimate of drug-likeness (QED) is 0.920. The summed E-state index contributed by atoms with van der Waals surface area (Å²) in [7, 11) is 1.41. The second-order valence-corrected chi connectivity index (χ2v) is 4.67. The highest BCUT2D eigenvalue weighted by molar-refractivity contribution is 7.13. The van der Waals surface area contributed by atoms with Crippen LogP contribution in [0.25, 0.3) is 10.4 Å². The van der Waals surface area contributed by atoms with E-state index in [9.17, 15) is 4.79 Å². The fourth-order valence-electron chi connectivity index (χ4n) is 1.62. The molecule has 0 atom stereocenters. The summed E-state index contributed by atoms with van der Waals surface area (Å²) in [5.41, 5.74) is 2.13. The summed E-state index contributed by atoms with van der Waals surface area (Å²) < 4.78 is 4.94. The van der Waals surface area contributed by atoms with E-state index in [1.165, 1.54) is 12.7 Å². The minimum Gasteiger partial charge on any atom is -0.480 e. The van der Waals surface area contributed by atoms with Crippen molar-refractivity contribution in [3.8, 4) is 16.3 Å². The molecule has 1 N–H and O–H groups in total. The van der Waals surface area contributed by atoms with Crippen molar-refractivity contribution in [2.24, 2.45) is 0 Å². The second-order valence-electron chi connectivity index (χ2n) is 3.76. The Morgan fingerprint density at radius 2 is 2.28 bits per heavy atom. The van der Waals surface area contributed by atoms with Gasteiger partial charge in [-0.3, -0.25) is 0 Å². The molecule has 0 fully saturated rings. The Bertz CT molecular complexity index is 577. The Labute approximate surface area is 109 Å². The standard InChI is InChI=1S/C13H13NO3S/c1-3-8-4-11(18-7-8)9-5-10(13(15)16)12(17-2)14-6-9/h4-7H,3H2,1-2H3,(H,15,16). The van der Waals surface area contributed by atoms with Crippen LogP contribution >= 0.6 is 11.3 Å². The van der Waals surface area contributed by atoms with Crippen molar-refractivity contribution in [2.75, 3.05) is 7.11 Å². The van der Waals surface area contributed by atoms with Crippen LogP contribution in [-0.4, -0.2) is 23.2 Å². The predicted molar refractivity (Wildman–Crippen MR) is 70.4 cm³/mol. The van der Waals surface area contributed by atoms with E-state index in [-0.39, 0.29) is 11.4 Å². The molecule has 0 aliphatic carbocycles. The number of ether oxygens (including phenoxy) is 1. The zero-order chi connectivity index (χ0) is 13.1. The Morgan fingerprint density at radius 3 is 2.83 bits per heavy atom. The minimum absolute atomic E-state index is 0.0847. The molecule has 18 heavy (non-hydrogen) atoms. The van der Waals surface area contributed by atoms with Crippen LogP contribution in [0.4, 0.5) is 0 Å². The van der Waals surface area contributed by atoms with E-state index in [1.54, 1.807) is 23.6 Å². The first-order valence-electron chi connectivity index (χ1n) is 5.50. The molecule has 4 nitrogen and oxygen atoms in total. The lowest BCUT2D eigenvalue weighted by Gasteiger charge is -2.05. The first kappa shape index (κ1) is 12.6. The number of hydrogen-bond acceptors (Lipinski definition) is 4. The van der Waals surface area contributed by atoms with E-state index in [4.69, 9.17) is 9.84 Å². The number of pyridine rings is 1. The van der Waals surface area contributed by atoms with Crippen molar-refractivity contribution in [1.29, 1.82) is 0 Å². The SMILES string of the molecule is CCc1csc(-c2cnc(OC)c(C(=O)O)c2)c1. The Balaban J connectivity index is 2.46. The number of rotatable bonds is 4. The zero-order valence-electron chi connectivity index (χ0n) is 10.1. The van der Waals surface area contributed by atoms with Crippen molar-refractivity contribution in [1.82, 2.24) is 4.98 Å². The fourth-order valence-corrected chi connectivity index (χ4v) is 2.60. The molecule has 0 saturated carbocycles. The van der Waals surface area contributed by atoms with Gasteiger partial charge in [0.25, 0.3) is 0 Å². The second kappa shape index (κ2) is 5.18. The van der Waals surface area contributed by atoms with Gasteiger partial charge in [0.05, 0.1) is 7.11 Å². The van der Waals surface area contributed by atoms with E-state index in [2.05, 4.69) is 23.4 Å². The number of thiophene rings is 1. The molecule has 2 aromatic rings. The third kappa shape index (κ3) is 2.36. The predicted octanol–water partition coefficient (Wildman–Crippen LogP) is 3.08. The first-order valence-corrected chi connectivity index (χ1v) is 6.38. The van der Waals surface area contributed by atoms with E-state index in [1.807, 2.05) is 0 Å². The van der Waals surface area contributed by atoms with Gasteiger partial charge in [0, 0.05) is 16.6 Å². The Kier molecular flexibility index (Phi) is 3.62. The van der Waals surface area contributed by atoms with Crippen molar-refractivity contribution in [3.05, 3.63) is 34.8 Å². The van der Waals surface area contributed by atoms with Gasteiger partial charge in [0.1, 0.15) is 5.56 Å². The van der Waals surface area contributed by atoms with Crippen molar-refractivity contribution in [3.63, 3.8) is 0 Å². The van der Waals surface area contributed by atoms with Crippen LogP contribution in [0.3, 0.4) is 0 Å². The summed E-state index contributed by atoms with van der Waals surface area (Å²) in [5.74, 6) is -0.896. The summed E-state index contributed by atoms with van der Waals surface area (Å²) in [6, 6.07) is 3.65. The molecule has 0 aromatic carbocycles. The highest BCUT2D eigenvalue weighted by atomic mass is 32.1. The first-order chi connectivity index (χ1) is 8.65. The van der Waals surface area contributed by atoms with Gasteiger partial charge < -0.3 is 9.84 Å². The lowest BCUT2D eigenvalue weighted by molar-refractivity contribution is 0.0692. The maximum Gasteiger partial charge on any atom is 0.341 e. The zero-order valence-corrected chi connectivity index (χ0v) is 11.0.